The van der Waals surface area contributed by atoms with Crippen molar-refractivity contribution in [3.63, 3.8) is 0 Å². The fourth-order valence-electron chi connectivity index (χ4n) is 3.29. The van der Waals surface area contributed by atoms with E-state index in [0.29, 0.717) is 25.3 Å². The first-order chi connectivity index (χ1) is 14.2. The van der Waals surface area contributed by atoms with Crippen molar-refractivity contribution in [2.45, 2.75) is 12.5 Å². The van der Waals surface area contributed by atoms with Crippen molar-refractivity contribution in [2.75, 3.05) is 25.0 Å². The van der Waals surface area contributed by atoms with Crippen LogP contribution in [0.15, 0.2) is 55.4 Å². The third-order valence-corrected chi connectivity index (χ3v) is 4.72. The molecule has 1 atom stereocenters. The Bertz CT molecular complexity index is 1080. The molecule has 0 spiro atoms. The molecule has 1 saturated heterocycles. The number of aromatic amines is 1. The highest BCUT2D eigenvalue weighted by atomic mass is 16.5. The monoisotopic (exact) mass is 387 g/mol. The molecule has 1 fully saturated rings. The zero-order valence-electron chi connectivity index (χ0n) is 15.9. The van der Waals surface area contributed by atoms with Crippen LogP contribution >= 0.6 is 0 Å². The summed E-state index contributed by atoms with van der Waals surface area (Å²) >= 11 is 0. The highest BCUT2D eigenvalue weighted by Crippen LogP contribution is 2.23. The number of hydrogen-bond donors (Lipinski definition) is 2. The Labute approximate surface area is 168 Å². The molecule has 0 saturated carbocycles. The maximum absolute atomic E-state index is 11.8. The second kappa shape index (κ2) is 8.48. The second-order valence-electron chi connectivity index (χ2n) is 6.69. The van der Waals surface area contributed by atoms with Crippen LogP contribution in [0.5, 0.6) is 5.75 Å². The lowest BCUT2D eigenvalue weighted by molar-refractivity contribution is -0.125. The van der Waals surface area contributed by atoms with Crippen LogP contribution in [0.2, 0.25) is 0 Å². The summed E-state index contributed by atoms with van der Waals surface area (Å²) < 4.78 is 5.59. The Balaban J connectivity index is 1.43. The van der Waals surface area contributed by atoms with E-state index in [0.717, 1.165) is 29.1 Å². The zero-order valence-corrected chi connectivity index (χ0v) is 15.9. The van der Waals surface area contributed by atoms with Crippen LogP contribution in [0.1, 0.15) is 12.1 Å². The van der Waals surface area contributed by atoms with Crippen LogP contribution in [0, 0.1) is 11.8 Å². The Morgan fingerprint density at radius 2 is 2.24 bits per heavy atom. The van der Waals surface area contributed by atoms with E-state index in [4.69, 9.17) is 4.74 Å². The minimum atomic E-state index is -0.0425. The van der Waals surface area contributed by atoms with Gasteiger partial charge in [-0.1, -0.05) is 30.7 Å². The van der Waals surface area contributed by atoms with Crippen LogP contribution in [0.4, 0.5) is 5.82 Å². The standard InChI is InChI=1S/C22H21N5O2/c1-2-20(28)27-11-10-17(14-27)26-22-19-13-16(25-21(19)23-15-24-22)7-6-12-29-18-8-4-3-5-9-18/h2-5,8-9,13,15,17H,1,10-12,14H2,(H2,23,24,25,26). The lowest BCUT2D eigenvalue weighted by Crippen LogP contribution is -2.30. The summed E-state index contributed by atoms with van der Waals surface area (Å²) in [5.41, 5.74) is 1.46. The number of amides is 1. The van der Waals surface area contributed by atoms with E-state index in [9.17, 15) is 4.79 Å². The van der Waals surface area contributed by atoms with E-state index in [2.05, 4.69) is 38.7 Å². The summed E-state index contributed by atoms with van der Waals surface area (Å²) in [5.74, 6) is 7.55. The van der Waals surface area contributed by atoms with Gasteiger partial charge in [0.05, 0.1) is 11.1 Å². The lowest BCUT2D eigenvalue weighted by Gasteiger charge is -2.15. The average molecular weight is 387 g/mol. The van der Waals surface area contributed by atoms with Gasteiger partial charge in [-0.05, 0) is 36.6 Å². The van der Waals surface area contributed by atoms with Gasteiger partial charge >= 0.3 is 0 Å². The van der Waals surface area contributed by atoms with Gasteiger partial charge in [0, 0.05) is 19.1 Å². The first kappa shape index (κ1) is 18.6. The van der Waals surface area contributed by atoms with Gasteiger partial charge in [0.1, 0.15) is 30.1 Å². The van der Waals surface area contributed by atoms with E-state index >= 15 is 0 Å². The number of anilines is 1. The number of nitrogens with one attached hydrogen (secondary N) is 2. The van der Waals surface area contributed by atoms with Crippen molar-refractivity contribution in [3.8, 4) is 17.6 Å². The largest absolute Gasteiger partial charge is 0.481 e. The molecule has 0 bridgehead atoms. The van der Waals surface area contributed by atoms with Crippen LogP contribution in [0.25, 0.3) is 11.0 Å². The van der Waals surface area contributed by atoms with Gasteiger partial charge in [-0.25, -0.2) is 9.97 Å². The van der Waals surface area contributed by atoms with E-state index in [1.807, 2.05) is 36.4 Å². The number of hydrogen-bond acceptors (Lipinski definition) is 5. The number of aromatic nitrogens is 3. The minimum absolute atomic E-state index is 0.0425. The first-order valence-corrected chi connectivity index (χ1v) is 9.41. The van der Waals surface area contributed by atoms with E-state index in [-0.39, 0.29) is 11.9 Å². The molecule has 2 aromatic heterocycles. The molecule has 1 aliphatic rings. The predicted molar refractivity (Wildman–Crippen MR) is 112 cm³/mol. The molecule has 0 radical (unpaired) electrons. The molecule has 0 aliphatic carbocycles. The molecule has 1 amide bonds. The summed E-state index contributed by atoms with van der Waals surface area (Å²) in [5, 5.41) is 4.29. The minimum Gasteiger partial charge on any atom is -0.481 e. The van der Waals surface area contributed by atoms with E-state index in [1.54, 1.807) is 4.90 Å². The number of ether oxygens (including phenoxy) is 1. The maximum Gasteiger partial charge on any atom is 0.246 e. The molecular formula is C22H21N5O2. The fraction of sp³-hybridized carbons (Fsp3) is 0.227. The predicted octanol–water partition coefficient (Wildman–Crippen LogP) is 2.59. The molecule has 1 aromatic carbocycles. The van der Waals surface area contributed by atoms with E-state index in [1.165, 1.54) is 12.4 Å². The number of carbonyl (C=O) groups excluding carboxylic acids is 1. The molecule has 1 aliphatic heterocycles. The Kier molecular flexibility index (Phi) is 5.43. The number of nitrogens with zero attached hydrogens (tertiary/aromatic N) is 3. The zero-order chi connectivity index (χ0) is 20.1. The summed E-state index contributed by atoms with van der Waals surface area (Å²) in [6.07, 6.45) is 3.72. The normalized spacial score (nSPS) is 15.6. The van der Waals surface area contributed by atoms with Gasteiger partial charge in [0.2, 0.25) is 5.91 Å². The molecule has 1 unspecified atom stereocenters. The van der Waals surface area contributed by atoms with Gasteiger partial charge in [-0.2, -0.15) is 0 Å². The van der Waals surface area contributed by atoms with Gasteiger partial charge in [-0.15, -0.1) is 0 Å². The van der Waals surface area contributed by atoms with Crippen molar-refractivity contribution in [2.24, 2.45) is 0 Å². The molecule has 146 valence electrons. The number of benzene rings is 1. The Hall–Kier alpha value is -3.79. The molecule has 7 nitrogen and oxygen atoms in total. The quantitative estimate of drug-likeness (QED) is 0.519. The fourth-order valence-corrected chi connectivity index (χ4v) is 3.29. The molecule has 2 N–H and O–H groups in total. The van der Waals surface area contributed by atoms with Crippen molar-refractivity contribution < 1.29 is 9.53 Å². The van der Waals surface area contributed by atoms with Crippen LogP contribution < -0.4 is 10.1 Å². The molecule has 4 rings (SSSR count). The molecule has 29 heavy (non-hydrogen) atoms. The number of rotatable bonds is 5. The van der Waals surface area contributed by atoms with Crippen LogP contribution in [0.3, 0.4) is 0 Å². The van der Waals surface area contributed by atoms with Gasteiger partial charge < -0.3 is 19.9 Å². The first-order valence-electron chi connectivity index (χ1n) is 9.41. The molecular weight excluding hydrogens is 366 g/mol. The molecule has 7 heteroatoms. The number of H-pyrrole nitrogens is 1. The highest BCUT2D eigenvalue weighted by molar-refractivity contribution is 5.89. The highest BCUT2D eigenvalue weighted by Gasteiger charge is 2.25. The number of fused-ring (bicyclic) bond motifs is 1. The Morgan fingerprint density at radius 1 is 1.38 bits per heavy atom. The van der Waals surface area contributed by atoms with Crippen molar-refractivity contribution in [1.82, 2.24) is 19.9 Å². The SMILES string of the molecule is C=CC(=O)N1CCC(Nc2ncnc3[nH]c(C#CCOc4ccccc4)cc23)C1. The summed E-state index contributed by atoms with van der Waals surface area (Å²) in [4.78, 5) is 25.4. The second-order valence-corrected chi connectivity index (χ2v) is 6.69. The number of carbonyl (C=O) groups is 1. The van der Waals surface area contributed by atoms with Gasteiger partial charge in [-0.3, -0.25) is 4.79 Å². The smallest absolute Gasteiger partial charge is 0.246 e. The van der Waals surface area contributed by atoms with Gasteiger partial charge in [0.25, 0.3) is 0 Å². The number of para-hydroxylation sites is 1. The maximum atomic E-state index is 11.8. The van der Waals surface area contributed by atoms with E-state index < -0.39 is 0 Å². The average Bonchev–Trinajstić information content (AvgIpc) is 3.39. The summed E-state index contributed by atoms with van der Waals surface area (Å²) in [7, 11) is 0. The van der Waals surface area contributed by atoms with Crippen LogP contribution in [-0.2, 0) is 4.79 Å². The molecule has 3 aromatic rings. The van der Waals surface area contributed by atoms with Crippen molar-refractivity contribution in [1.29, 1.82) is 0 Å². The Morgan fingerprint density at radius 3 is 3.07 bits per heavy atom. The van der Waals surface area contributed by atoms with Gasteiger partial charge in [0.15, 0.2) is 0 Å². The van der Waals surface area contributed by atoms with Crippen molar-refractivity contribution >= 4 is 22.8 Å². The van der Waals surface area contributed by atoms with Crippen LogP contribution in [-0.4, -0.2) is 51.5 Å². The number of likely N-dealkylation sites (tertiary alicyclic amines) is 1. The topological polar surface area (TPSA) is 83.1 Å². The molecule has 3 heterocycles. The van der Waals surface area contributed by atoms with Crippen molar-refractivity contribution in [3.05, 3.63) is 61.1 Å². The third kappa shape index (κ3) is 4.38. The summed E-state index contributed by atoms with van der Waals surface area (Å²) in [6.45, 7) is 5.18. The lowest BCUT2D eigenvalue weighted by atomic mass is 10.2. The third-order valence-electron chi connectivity index (χ3n) is 4.72. The summed E-state index contributed by atoms with van der Waals surface area (Å²) in [6, 6.07) is 11.6.